The summed E-state index contributed by atoms with van der Waals surface area (Å²) >= 11 is 1.87. The van der Waals surface area contributed by atoms with Crippen LogP contribution in [0.1, 0.15) is 11.1 Å². The van der Waals surface area contributed by atoms with Crippen molar-refractivity contribution in [3.8, 4) is 11.1 Å². The van der Waals surface area contributed by atoms with Gasteiger partial charge in [-0.3, -0.25) is 0 Å². The third kappa shape index (κ3) is 3.76. The van der Waals surface area contributed by atoms with Gasteiger partial charge < -0.3 is 0 Å². The lowest BCUT2D eigenvalue weighted by atomic mass is 9.95. The zero-order valence-electron chi connectivity index (χ0n) is 17.2. The Bertz CT molecular complexity index is 1420. The quantitative estimate of drug-likeness (QED) is 0.252. The van der Waals surface area contributed by atoms with Gasteiger partial charge in [-0.2, -0.15) is 0 Å². The van der Waals surface area contributed by atoms with Crippen molar-refractivity contribution in [2.24, 2.45) is 0 Å². The first-order chi connectivity index (χ1) is 15.3. The smallest absolute Gasteiger partial charge is 0.0439 e. The van der Waals surface area contributed by atoms with Crippen LogP contribution in [-0.2, 0) is 0 Å². The molecule has 148 valence electrons. The first-order valence-electron chi connectivity index (χ1n) is 10.4. The fourth-order valence-electron chi connectivity index (χ4n) is 4.03. The van der Waals surface area contributed by atoms with Gasteiger partial charge in [-0.25, -0.2) is 0 Å². The Labute approximate surface area is 187 Å². The van der Waals surface area contributed by atoms with E-state index in [0.29, 0.717) is 0 Å². The van der Waals surface area contributed by atoms with Crippen molar-refractivity contribution in [2.75, 3.05) is 0 Å². The summed E-state index contributed by atoms with van der Waals surface area (Å²) in [5.41, 5.74) is 6.08. The summed E-state index contributed by atoms with van der Waals surface area (Å²) in [5, 5.41) is 2.65. The van der Waals surface area contributed by atoms with Crippen LogP contribution in [0, 0.1) is 0 Å². The van der Waals surface area contributed by atoms with E-state index in [9.17, 15) is 0 Å². The molecule has 4 aromatic carbocycles. The lowest BCUT2D eigenvalue weighted by molar-refractivity contribution is 1.62. The largest absolute Gasteiger partial charge is 0.135 e. The predicted molar refractivity (Wildman–Crippen MR) is 138 cm³/mol. The van der Waals surface area contributed by atoms with E-state index in [1.807, 2.05) is 23.5 Å². The summed E-state index contributed by atoms with van der Waals surface area (Å²) in [6.07, 6.45) is 8.33. The summed E-state index contributed by atoms with van der Waals surface area (Å²) in [5.74, 6) is 0. The molecule has 0 spiro atoms. The van der Waals surface area contributed by atoms with E-state index in [0.717, 1.165) is 5.57 Å². The second-order valence-electron chi connectivity index (χ2n) is 7.43. The highest BCUT2D eigenvalue weighted by Gasteiger charge is 2.13. The zero-order valence-corrected chi connectivity index (χ0v) is 18.0. The standard InChI is InChI=1S/C30H22S/c1-2-11-22(23-12-5-3-6-13-23)18-19-25-20-21-27-26-16-9-10-17-28(26)31-30(27)29(25)24-14-7-4-8-15-24/h2-21H,1H2/b19-18-,22-11+. The molecule has 0 bridgehead atoms. The Balaban J connectivity index is 1.71. The molecule has 0 amide bonds. The van der Waals surface area contributed by atoms with Crippen molar-refractivity contribution in [1.82, 2.24) is 0 Å². The highest BCUT2D eigenvalue weighted by Crippen LogP contribution is 2.42. The number of fused-ring (bicyclic) bond motifs is 3. The first kappa shape index (κ1) is 19.3. The lowest BCUT2D eigenvalue weighted by Gasteiger charge is -2.09. The third-order valence-electron chi connectivity index (χ3n) is 5.49. The van der Waals surface area contributed by atoms with Gasteiger partial charge in [0.05, 0.1) is 0 Å². The van der Waals surface area contributed by atoms with Gasteiger partial charge in [0.25, 0.3) is 0 Å². The van der Waals surface area contributed by atoms with E-state index >= 15 is 0 Å². The number of hydrogen-bond acceptors (Lipinski definition) is 1. The number of thiophene rings is 1. The molecule has 5 rings (SSSR count). The summed E-state index contributed by atoms with van der Waals surface area (Å²) < 4.78 is 2.66. The predicted octanol–water partition coefficient (Wildman–Crippen LogP) is 9.00. The van der Waals surface area contributed by atoms with Crippen LogP contribution in [0.25, 0.3) is 42.9 Å². The van der Waals surface area contributed by atoms with Crippen molar-refractivity contribution >= 4 is 43.2 Å². The van der Waals surface area contributed by atoms with Gasteiger partial charge in [0.1, 0.15) is 0 Å². The van der Waals surface area contributed by atoms with Crippen molar-refractivity contribution < 1.29 is 0 Å². The number of benzene rings is 4. The van der Waals surface area contributed by atoms with Gasteiger partial charge in [-0.1, -0.05) is 122 Å². The molecule has 0 aliphatic heterocycles. The van der Waals surface area contributed by atoms with Gasteiger partial charge in [0, 0.05) is 25.7 Å². The van der Waals surface area contributed by atoms with Crippen molar-refractivity contribution in [3.63, 3.8) is 0 Å². The topological polar surface area (TPSA) is 0 Å². The van der Waals surface area contributed by atoms with Crippen LogP contribution in [-0.4, -0.2) is 0 Å². The average Bonchev–Trinajstić information content (AvgIpc) is 3.21. The maximum Gasteiger partial charge on any atom is 0.0439 e. The van der Waals surface area contributed by atoms with E-state index in [2.05, 4.69) is 116 Å². The number of hydrogen-bond donors (Lipinski definition) is 0. The van der Waals surface area contributed by atoms with Crippen LogP contribution in [0.4, 0.5) is 0 Å². The second-order valence-corrected chi connectivity index (χ2v) is 8.48. The summed E-state index contributed by atoms with van der Waals surface area (Å²) in [6, 6.07) is 34.3. The Morgan fingerprint density at radius 3 is 2.19 bits per heavy atom. The van der Waals surface area contributed by atoms with Crippen LogP contribution >= 0.6 is 11.3 Å². The van der Waals surface area contributed by atoms with Gasteiger partial charge in [-0.05, 0) is 28.3 Å². The average molecular weight is 415 g/mol. The zero-order chi connectivity index (χ0) is 21.0. The molecule has 0 radical (unpaired) electrons. The molecule has 5 aromatic rings. The molecule has 0 atom stereocenters. The molecule has 0 fully saturated rings. The van der Waals surface area contributed by atoms with E-state index in [1.54, 1.807) is 0 Å². The summed E-state index contributed by atoms with van der Waals surface area (Å²) in [4.78, 5) is 0. The molecule has 31 heavy (non-hydrogen) atoms. The molecule has 1 aromatic heterocycles. The molecular formula is C30H22S. The van der Waals surface area contributed by atoms with Crippen LogP contribution in [0.5, 0.6) is 0 Å². The fourth-order valence-corrected chi connectivity index (χ4v) is 5.31. The van der Waals surface area contributed by atoms with Crippen LogP contribution in [0.15, 0.2) is 122 Å². The van der Waals surface area contributed by atoms with E-state index in [1.165, 1.54) is 42.4 Å². The fraction of sp³-hybridized carbons (Fsp3) is 0. The first-order valence-corrected chi connectivity index (χ1v) is 11.2. The minimum Gasteiger partial charge on any atom is -0.135 e. The maximum absolute atomic E-state index is 3.90. The van der Waals surface area contributed by atoms with Gasteiger partial charge in [0.2, 0.25) is 0 Å². The highest BCUT2D eigenvalue weighted by atomic mass is 32.1. The van der Waals surface area contributed by atoms with Crippen molar-refractivity contribution in [1.29, 1.82) is 0 Å². The minimum absolute atomic E-state index is 1.14. The second kappa shape index (κ2) is 8.59. The minimum atomic E-state index is 1.14. The number of rotatable bonds is 5. The molecule has 0 saturated carbocycles. The van der Waals surface area contributed by atoms with Crippen LogP contribution in [0.2, 0.25) is 0 Å². The van der Waals surface area contributed by atoms with E-state index < -0.39 is 0 Å². The van der Waals surface area contributed by atoms with Gasteiger partial charge in [-0.15, -0.1) is 11.3 Å². The molecule has 0 unspecified atom stereocenters. The highest BCUT2D eigenvalue weighted by molar-refractivity contribution is 7.26. The Hall–Kier alpha value is -3.68. The Kier molecular flexibility index (Phi) is 5.35. The molecule has 0 saturated heterocycles. The van der Waals surface area contributed by atoms with E-state index in [4.69, 9.17) is 0 Å². The molecule has 0 nitrogen and oxygen atoms in total. The SMILES string of the molecule is C=C/C=C(\C=C/c1ccc2c(sc3ccccc32)c1-c1ccccc1)c1ccccc1. The molecule has 0 aliphatic rings. The lowest BCUT2D eigenvalue weighted by Crippen LogP contribution is -1.85. The number of allylic oxidation sites excluding steroid dienone is 4. The summed E-state index contributed by atoms with van der Waals surface area (Å²) in [6.45, 7) is 3.90. The molecule has 0 N–H and O–H groups in total. The van der Waals surface area contributed by atoms with Crippen LogP contribution < -0.4 is 0 Å². The Morgan fingerprint density at radius 1 is 0.710 bits per heavy atom. The van der Waals surface area contributed by atoms with Crippen molar-refractivity contribution in [3.05, 3.63) is 133 Å². The molecular weight excluding hydrogens is 392 g/mol. The summed E-state index contributed by atoms with van der Waals surface area (Å²) in [7, 11) is 0. The molecule has 1 heterocycles. The molecule has 0 aliphatic carbocycles. The third-order valence-corrected chi connectivity index (χ3v) is 6.69. The van der Waals surface area contributed by atoms with Crippen molar-refractivity contribution in [2.45, 2.75) is 0 Å². The van der Waals surface area contributed by atoms with Gasteiger partial charge in [0.15, 0.2) is 0 Å². The monoisotopic (exact) mass is 414 g/mol. The van der Waals surface area contributed by atoms with E-state index in [-0.39, 0.29) is 0 Å². The maximum atomic E-state index is 3.90. The molecule has 1 heteroatoms. The van der Waals surface area contributed by atoms with Crippen LogP contribution in [0.3, 0.4) is 0 Å². The Morgan fingerprint density at radius 2 is 1.42 bits per heavy atom. The normalized spacial score (nSPS) is 12.1. The van der Waals surface area contributed by atoms with Gasteiger partial charge >= 0.3 is 0 Å².